The zero-order valence-corrected chi connectivity index (χ0v) is 26.8. The summed E-state index contributed by atoms with van der Waals surface area (Å²) >= 11 is 7.69. The molecule has 0 aliphatic carbocycles. The minimum Gasteiger partial charge on any atom is -0.395 e. The molecule has 0 amide bonds. The quantitative estimate of drug-likeness (QED) is 0.0382. The van der Waals surface area contributed by atoms with Gasteiger partial charge < -0.3 is 9.40 Å². The Labute approximate surface area is 268 Å². The number of unbranched alkanes of at least 4 members (excludes halogenated alkanes) is 3. The van der Waals surface area contributed by atoms with Crippen LogP contribution in [0.15, 0.2) is 101 Å². The molecule has 0 bridgehead atoms. The second-order valence-electron chi connectivity index (χ2n) is 10.7. The number of thioether (sulfide) groups is 1. The maximum atomic E-state index is 13.9. The summed E-state index contributed by atoms with van der Waals surface area (Å²) in [5.74, 6) is 0.500. The molecule has 0 aliphatic heterocycles. The van der Waals surface area contributed by atoms with Gasteiger partial charge >= 0.3 is 0 Å². The molecule has 5 nitrogen and oxygen atoms in total. The number of nitrogens with zero attached hydrogens (tertiary/aromatic N) is 2. The molecule has 44 heavy (non-hydrogen) atoms. The summed E-state index contributed by atoms with van der Waals surface area (Å²) in [6.45, 7) is 5.52. The van der Waals surface area contributed by atoms with Gasteiger partial charge in [-0.05, 0) is 80.4 Å². The van der Waals surface area contributed by atoms with Crippen molar-refractivity contribution >= 4 is 62.4 Å². The van der Waals surface area contributed by atoms with Crippen molar-refractivity contribution in [2.24, 2.45) is 5.16 Å². The van der Waals surface area contributed by atoms with E-state index in [1.54, 1.807) is 11.8 Å². The predicted molar refractivity (Wildman–Crippen MR) is 184 cm³/mol. The lowest BCUT2D eigenvalue weighted by atomic mass is 9.99. The fourth-order valence-electron chi connectivity index (χ4n) is 5.36. The zero-order chi connectivity index (χ0) is 30.9. The monoisotopic (exact) mass is 624 g/mol. The number of aromatic nitrogens is 1. The van der Waals surface area contributed by atoms with Gasteiger partial charge in [-0.2, -0.15) is 0 Å². The summed E-state index contributed by atoms with van der Waals surface area (Å²) in [5.41, 5.74) is 4.27. The first-order chi connectivity index (χ1) is 21.5. The second-order valence-corrected chi connectivity index (χ2v) is 12.3. The fraction of sp³-hybridized carbons (Fsp3) is 0.270. The Bertz CT molecular complexity index is 1780. The molecule has 0 N–H and O–H groups in total. The molecule has 0 saturated carbocycles. The molecule has 0 aliphatic rings. The van der Waals surface area contributed by atoms with E-state index in [0.29, 0.717) is 46.2 Å². The van der Waals surface area contributed by atoms with Crippen molar-refractivity contribution in [3.63, 3.8) is 0 Å². The third kappa shape index (κ3) is 7.43. The lowest BCUT2D eigenvalue weighted by Gasteiger charge is -2.08. The van der Waals surface area contributed by atoms with Gasteiger partial charge in [0.15, 0.2) is 5.78 Å². The average Bonchev–Trinajstić information content (AvgIpc) is 3.38. The lowest BCUT2D eigenvalue weighted by molar-refractivity contribution is 0.103. The van der Waals surface area contributed by atoms with E-state index in [0.717, 1.165) is 58.9 Å². The van der Waals surface area contributed by atoms with E-state index in [4.69, 9.17) is 16.4 Å². The Hall–Kier alpha value is -3.87. The van der Waals surface area contributed by atoms with Crippen molar-refractivity contribution in [2.75, 3.05) is 12.4 Å². The first-order valence-corrected chi connectivity index (χ1v) is 16.6. The Morgan fingerprint density at radius 1 is 0.795 bits per heavy atom. The van der Waals surface area contributed by atoms with Gasteiger partial charge in [-0.25, -0.2) is 0 Å². The van der Waals surface area contributed by atoms with Crippen LogP contribution in [0, 0.1) is 0 Å². The van der Waals surface area contributed by atoms with E-state index in [2.05, 4.69) is 23.6 Å². The fourth-order valence-corrected chi connectivity index (χ4v) is 6.35. The predicted octanol–water partition coefficient (Wildman–Crippen LogP) is 10.0. The van der Waals surface area contributed by atoms with E-state index in [1.807, 2.05) is 91.0 Å². The molecule has 0 unspecified atom stereocenters. The molecule has 7 heteroatoms. The highest BCUT2D eigenvalue weighted by Gasteiger charge is 2.19. The summed E-state index contributed by atoms with van der Waals surface area (Å²) in [5, 5.41) is 6.94. The largest absolute Gasteiger partial charge is 0.395 e. The number of carbonyl (C=O) groups excluding carboxylic acids is 2. The highest BCUT2D eigenvalue weighted by atomic mass is 35.5. The first kappa shape index (κ1) is 31.6. The van der Waals surface area contributed by atoms with Crippen molar-refractivity contribution in [1.29, 1.82) is 0 Å². The third-order valence-corrected chi connectivity index (χ3v) is 8.95. The Morgan fingerprint density at radius 2 is 1.48 bits per heavy atom. The van der Waals surface area contributed by atoms with Crippen LogP contribution in [0.25, 0.3) is 21.8 Å². The van der Waals surface area contributed by atoms with Gasteiger partial charge in [-0.1, -0.05) is 66.9 Å². The van der Waals surface area contributed by atoms with Crippen molar-refractivity contribution < 1.29 is 14.4 Å². The number of oxime groups is 1. The van der Waals surface area contributed by atoms with Gasteiger partial charge in [0.2, 0.25) is 5.78 Å². The van der Waals surface area contributed by atoms with Crippen LogP contribution in [0.3, 0.4) is 0 Å². The number of ketones is 2. The molecule has 0 spiro atoms. The van der Waals surface area contributed by atoms with Crippen LogP contribution in [0.2, 0.25) is 5.02 Å². The van der Waals surface area contributed by atoms with Crippen LogP contribution in [-0.4, -0.2) is 34.2 Å². The molecule has 1 aromatic heterocycles. The third-order valence-electron chi connectivity index (χ3n) is 7.69. The highest BCUT2D eigenvalue weighted by molar-refractivity contribution is 7.99. The highest BCUT2D eigenvalue weighted by Crippen LogP contribution is 2.32. The molecule has 0 saturated heterocycles. The van der Waals surface area contributed by atoms with E-state index >= 15 is 0 Å². The molecule has 226 valence electrons. The normalized spacial score (nSPS) is 11.8. The van der Waals surface area contributed by atoms with Crippen LogP contribution in [-0.2, 0) is 11.4 Å². The summed E-state index contributed by atoms with van der Waals surface area (Å²) in [7, 11) is 0. The number of halogens is 1. The topological polar surface area (TPSA) is 60.7 Å². The number of benzene rings is 4. The SMILES string of the molecule is CCCCCCO/N=C(\CCSc1ccc(Cl)cc1)C(=O)c1ccc2c(c1)c1cc(C(=O)c3ccccc3)ccc1n2CC. The standard InChI is InChI=1S/C37H37ClN2O3S/c1-3-5-6-10-22-43-39-33(21-23-44-30-17-15-29(38)16-18-30)37(42)28-14-20-35-32(25-28)31-24-27(13-19-34(31)40(35)4-2)36(41)26-11-8-7-9-12-26/h7-9,11-20,24-25H,3-6,10,21-23H2,1-2H3/b39-33+. The van der Waals surface area contributed by atoms with Crippen molar-refractivity contribution in [3.8, 4) is 0 Å². The zero-order valence-electron chi connectivity index (χ0n) is 25.2. The van der Waals surface area contributed by atoms with Crippen molar-refractivity contribution in [3.05, 3.63) is 113 Å². The Kier molecular flexibility index (Phi) is 10.9. The van der Waals surface area contributed by atoms with Gasteiger partial charge in [0.25, 0.3) is 0 Å². The van der Waals surface area contributed by atoms with Crippen LogP contribution >= 0.6 is 23.4 Å². The second kappa shape index (κ2) is 15.2. The maximum Gasteiger partial charge on any atom is 0.210 e. The number of aryl methyl sites for hydroxylation is 1. The first-order valence-electron chi connectivity index (χ1n) is 15.3. The molecule has 0 atom stereocenters. The number of hydrogen-bond acceptors (Lipinski definition) is 5. The Balaban J connectivity index is 1.44. The molecule has 1 heterocycles. The van der Waals surface area contributed by atoms with Gasteiger partial charge in [0.1, 0.15) is 12.3 Å². The number of rotatable bonds is 15. The summed E-state index contributed by atoms with van der Waals surface area (Å²) < 4.78 is 2.22. The van der Waals surface area contributed by atoms with E-state index in [1.165, 1.54) is 0 Å². The number of carbonyl (C=O) groups is 2. The van der Waals surface area contributed by atoms with E-state index in [-0.39, 0.29) is 11.6 Å². The molecule has 5 aromatic rings. The molecule has 4 aromatic carbocycles. The average molecular weight is 625 g/mol. The molecular weight excluding hydrogens is 588 g/mol. The minimum atomic E-state index is -0.147. The molecule has 5 rings (SSSR count). The van der Waals surface area contributed by atoms with E-state index < -0.39 is 0 Å². The van der Waals surface area contributed by atoms with Crippen molar-refractivity contribution in [2.45, 2.75) is 57.4 Å². The van der Waals surface area contributed by atoms with Gasteiger partial charge in [0.05, 0.1) is 0 Å². The summed E-state index contributed by atoms with van der Waals surface area (Å²) in [6, 6.07) is 28.6. The summed E-state index contributed by atoms with van der Waals surface area (Å²) in [4.78, 5) is 33.9. The number of Topliss-reactive ketones (excluding diaryl/α,β-unsaturated/α-hetero) is 1. The van der Waals surface area contributed by atoms with Gasteiger partial charge in [-0.15, -0.1) is 11.8 Å². The van der Waals surface area contributed by atoms with Crippen LogP contribution in [0.1, 0.15) is 72.2 Å². The molecular formula is C37H37ClN2O3S. The molecule has 0 radical (unpaired) electrons. The van der Waals surface area contributed by atoms with Gasteiger partial charge in [0, 0.05) is 67.1 Å². The van der Waals surface area contributed by atoms with Crippen molar-refractivity contribution in [1.82, 2.24) is 4.57 Å². The maximum absolute atomic E-state index is 13.9. The van der Waals surface area contributed by atoms with Crippen LogP contribution in [0.5, 0.6) is 0 Å². The minimum absolute atomic E-state index is 0.0270. The van der Waals surface area contributed by atoms with Crippen LogP contribution in [0.4, 0.5) is 0 Å². The smallest absolute Gasteiger partial charge is 0.210 e. The van der Waals surface area contributed by atoms with Crippen LogP contribution < -0.4 is 0 Å². The molecule has 0 fully saturated rings. The van der Waals surface area contributed by atoms with Gasteiger partial charge in [-0.3, -0.25) is 9.59 Å². The number of fused-ring (bicyclic) bond motifs is 3. The lowest BCUT2D eigenvalue weighted by Crippen LogP contribution is -2.16. The summed E-state index contributed by atoms with van der Waals surface area (Å²) in [6.07, 6.45) is 4.75. The van der Waals surface area contributed by atoms with E-state index in [9.17, 15) is 9.59 Å². The Morgan fingerprint density at radius 3 is 2.16 bits per heavy atom. The number of hydrogen-bond donors (Lipinski definition) is 0.